The largest absolute Gasteiger partial charge is 0.481 e. The van der Waals surface area contributed by atoms with Crippen LogP contribution in [0.5, 0.6) is 0 Å². The standard InChI is InChI=1S/C31H43N5O5/c1-18(2)9-25(35-30(41)36-31-14-19-10-20(15-31)12-21(11-19)16-31)29(40)34-26(28(39)32-8-7-27(37)38)13-22-17-33-24-6-4-3-5-23(22)24/h3-6,17-21,25-26,33H,7-16H2,1-2H3,(H,32,39)(H,34,40)(H,37,38)(H2,35,36,41)/t19?,20?,21?,25-,26+,31?/m0/s1. The monoisotopic (exact) mass is 565 g/mol. The van der Waals surface area contributed by atoms with E-state index in [-0.39, 0.29) is 36.9 Å². The highest BCUT2D eigenvalue weighted by atomic mass is 16.4. The number of aliphatic carboxylic acids is 1. The molecule has 0 spiro atoms. The van der Waals surface area contributed by atoms with Gasteiger partial charge in [0.25, 0.3) is 0 Å². The zero-order valence-electron chi connectivity index (χ0n) is 24.0. The maximum Gasteiger partial charge on any atom is 0.315 e. The van der Waals surface area contributed by atoms with E-state index in [1.165, 1.54) is 19.3 Å². The van der Waals surface area contributed by atoms with E-state index in [1.54, 1.807) is 0 Å². The molecule has 0 radical (unpaired) electrons. The van der Waals surface area contributed by atoms with Crippen LogP contribution in [0.2, 0.25) is 0 Å². The molecule has 4 aliphatic rings. The van der Waals surface area contributed by atoms with Crippen molar-refractivity contribution in [1.82, 2.24) is 26.3 Å². The van der Waals surface area contributed by atoms with E-state index in [0.717, 1.165) is 35.7 Å². The Morgan fingerprint density at radius 2 is 1.61 bits per heavy atom. The highest BCUT2D eigenvalue weighted by Gasteiger charge is 2.51. The summed E-state index contributed by atoms with van der Waals surface area (Å²) in [4.78, 5) is 54.3. The number of benzene rings is 1. The van der Waals surface area contributed by atoms with Crippen LogP contribution in [0.25, 0.3) is 10.9 Å². The SMILES string of the molecule is CC(C)C[C@H](NC(=O)NC12CC3CC(CC(C3)C1)C2)C(=O)N[C@H](Cc1c[nH]c2ccccc12)C(=O)NCCC(=O)O. The molecule has 2 aromatic rings. The van der Waals surface area contributed by atoms with Crippen LogP contribution >= 0.6 is 0 Å². The summed E-state index contributed by atoms with van der Waals surface area (Å²) >= 11 is 0. The second kappa shape index (κ2) is 12.1. The Labute approximate surface area is 240 Å². The zero-order valence-corrected chi connectivity index (χ0v) is 24.0. The molecule has 0 saturated heterocycles. The number of hydrogen-bond donors (Lipinski definition) is 6. The maximum atomic E-state index is 13.6. The highest BCUT2D eigenvalue weighted by Crippen LogP contribution is 2.55. The first-order valence-corrected chi connectivity index (χ1v) is 15.0. The lowest BCUT2D eigenvalue weighted by atomic mass is 9.53. The number of para-hydroxylation sites is 1. The van der Waals surface area contributed by atoms with Gasteiger partial charge in [0.05, 0.1) is 6.42 Å². The van der Waals surface area contributed by atoms with Gasteiger partial charge in [0.2, 0.25) is 11.8 Å². The van der Waals surface area contributed by atoms with Crippen molar-refractivity contribution in [3.05, 3.63) is 36.0 Å². The highest BCUT2D eigenvalue weighted by molar-refractivity contribution is 5.93. The molecule has 6 N–H and O–H groups in total. The number of fused-ring (bicyclic) bond motifs is 1. The molecule has 4 aliphatic carbocycles. The Morgan fingerprint density at radius 1 is 0.951 bits per heavy atom. The first kappa shape index (κ1) is 29.0. The molecule has 6 rings (SSSR count). The number of nitrogens with one attached hydrogen (secondary N) is 5. The topological polar surface area (TPSA) is 152 Å². The van der Waals surface area contributed by atoms with Gasteiger partial charge in [-0.05, 0) is 80.2 Å². The minimum Gasteiger partial charge on any atom is -0.481 e. The van der Waals surface area contributed by atoms with Gasteiger partial charge in [-0.15, -0.1) is 0 Å². The van der Waals surface area contributed by atoms with Crippen LogP contribution in [0, 0.1) is 23.7 Å². The molecule has 1 aromatic heterocycles. The number of aromatic amines is 1. The first-order chi connectivity index (χ1) is 19.6. The molecule has 41 heavy (non-hydrogen) atoms. The first-order valence-electron chi connectivity index (χ1n) is 15.0. The minimum absolute atomic E-state index is 0.0461. The van der Waals surface area contributed by atoms with Gasteiger partial charge < -0.3 is 31.4 Å². The number of urea groups is 1. The van der Waals surface area contributed by atoms with Gasteiger partial charge in [0, 0.05) is 35.6 Å². The number of hydrogen-bond acceptors (Lipinski definition) is 4. The third-order valence-corrected chi connectivity index (χ3v) is 9.12. The summed E-state index contributed by atoms with van der Waals surface area (Å²) in [5.41, 5.74) is 1.59. The molecule has 1 aromatic carbocycles. The van der Waals surface area contributed by atoms with Gasteiger partial charge >= 0.3 is 12.0 Å². The minimum atomic E-state index is -1.02. The second-order valence-electron chi connectivity index (χ2n) is 13.0. The lowest BCUT2D eigenvalue weighted by molar-refractivity contribution is -0.137. The molecular weight excluding hydrogens is 522 g/mol. The fourth-order valence-electron chi connectivity index (χ4n) is 7.82. The van der Waals surface area contributed by atoms with E-state index in [4.69, 9.17) is 5.11 Å². The number of aromatic nitrogens is 1. The maximum absolute atomic E-state index is 13.6. The third kappa shape index (κ3) is 7.02. The Kier molecular flexibility index (Phi) is 8.56. The van der Waals surface area contributed by atoms with Crippen LogP contribution in [-0.2, 0) is 20.8 Å². The van der Waals surface area contributed by atoms with Crippen molar-refractivity contribution in [3.8, 4) is 0 Å². The molecule has 2 atom stereocenters. The number of H-pyrrole nitrogens is 1. The number of carboxylic acid groups (broad SMARTS) is 1. The molecule has 4 fully saturated rings. The summed E-state index contributed by atoms with van der Waals surface area (Å²) in [7, 11) is 0. The average molecular weight is 566 g/mol. The van der Waals surface area contributed by atoms with Gasteiger partial charge in [0.1, 0.15) is 12.1 Å². The molecule has 0 unspecified atom stereocenters. The zero-order chi connectivity index (χ0) is 29.1. The van der Waals surface area contributed by atoms with Crippen molar-refractivity contribution >= 4 is 34.7 Å². The lowest BCUT2D eigenvalue weighted by Crippen LogP contribution is -2.63. The number of carboxylic acids is 1. The van der Waals surface area contributed by atoms with Crippen molar-refractivity contribution in [1.29, 1.82) is 0 Å². The van der Waals surface area contributed by atoms with E-state index < -0.39 is 29.9 Å². The summed E-state index contributed by atoms with van der Waals surface area (Å²) < 4.78 is 0. The molecule has 10 nitrogen and oxygen atoms in total. The van der Waals surface area contributed by atoms with E-state index >= 15 is 0 Å². The predicted molar refractivity (Wildman–Crippen MR) is 155 cm³/mol. The summed E-state index contributed by atoms with van der Waals surface area (Å²) in [6, 6.07) is 5.61. The average Bonchev–Trinajstić information content (AvgIpc) is 3.29. The molecule has 0 aliphatic heterocycles. The quantitative estimate of drug-likeness (QED) is 0.233. The molecule has 4 saturated carbocycles. The Hall–Kier alpha value is -3.56. The van der Waals surface area contributed by atoms with Crippen LogP contribution in [0.1, 0.15) is 70.8 Å². The van der Waals surface area contributed by atoms with E-state index in [0.29, 0.717) is 24.2 Å². The van der Waals surface area contributed by atoms with Crippen molar-refractivity contribution < 1.29 is 24.3 Å². The third-order valence-electron chi connectivity index (χ3n) is 9.12. The van der Waals surface area contributed by atoms with Gasteiger partial charge in [-0.25, -0.2) is 4.79 Å². The van der Waals surface area contributed by atoms with Gasteiger partial charge in [-0.3, -0.25) is 14.4 Å². The van der Waals surface area contributed by atoms with E-state index in [2.05, 4.69) is 26.3 Å². The number of amides is 4. The Balaban J connectivity index is 1.28. The predicted octanol–water partition coefficient (Wildman–Crippen LogP) is 3.47. The van der Waals surface area contributed by atoms with Crippen LogP contribution in [-0.4, -0.2) is 58.1 Å². The summed E-state index contributed by atoms with van der Waals surface area (Å²) in [6.45, 7) is 3.93. The molecule has 10 heteroatoms. The molecule has 4 amide bonds. The Bertz CT molecular complexity index is 1250. The second-order valence-corrected chi connectivity index (χ2v) is 13.0. The van der Waals surface area contributed by atoms with Gasteiger partial charge in [0.15, 0.2) is 0 Å². The lowest BCUT2D eigenvalue weighted by Gasteiger charge is -2.56. The van der Waals surface area contributed by atoms with Gasteiger partial charge in [-0.1, -0.05) is 32.0 Å². The van der Waals surface area contributed by atoms with Crippen molar-refractivity contribution in [3.63, 3.8) is 0 Å². The van der Waals surface area contributed by atoms with Crippen molar-refractivity contribution in [2.24, 2.45) is 23.7 Å². The fraction of sp³-hybridized carbons (Fsp3) is 0.613. The number of rotatable bonds is 12. The molecular formula is C31H43N5O5. The summed E-state index contributed by atoms with van der Waals surface area (Å²) in [5.74, 6) is 0.253. The van der Waals surface area contributed by atoms with Crippen molar-refractivity contribution in [2.45, 2.75) is 89.3 Å². The van der Waals surface area contributed by atoms with Crippen LogP contribution < -0.4 is 21.3 Å². The van der Waals surface area contributed by atoms with Crippen LogP contribution in [0.15, 0.2) is 30.5 Å². The van der Waals surface area contributed by atoms with Crippen LogP contribution in [0.4, 0.5) is 4.79 Å². The Morgan fingerprint density at radius 3 is 2.24 bits per heavy atom. The van der Waals surface area contributed by atoms with Crippen LogP contribution in [0.3, 0.4) is 0 Å². The smallest absolute Gasteiger partial charge is 0.315 e. The van der Waals surface area contributed by atoms with E-state index in [9.17, 15) is 19.2 Å². The molecule has 1 heterocycles. The summed E-state index contributed by atoms with van der Waals surface area (Å²) in [6.07, 6.45) is 9.07. The normalized spacial score (nSPS) is 26.0. The fourth-order valence-corrected chi connectivity index (χ4v) is 7.82. The molecule has 4 bridgehead atoms. The van der Waals surface area contributed by atoms with Crippen molar-refractivity contribution in [2.75, 3.05) is 6.54 Å². The summed E-state index contributed by atoms with van der Waals surface area (Å²) in [5, 5.41) is 21.7. The number of carbonyl (C=O) groups excluding carboxylic acids is 3. The molecule has 222 valence electrons. The van der Waals surface area contributed by atoms with E-state index in [1.807, 2.05) is 44.3 Å². The number of carbonyl (C=O) groups is 4. The van der Waals surface area contributed by atoms with Gasteiger partial charge in [-0.2, -0.15) is 0 Å².